The van der Waals surface area contributed by atoms with Crippen molar-refractivity contribution in [2.24, 2.45) is 0 Å². The zero-order valence-electron chi connectivity index (χ0n) is 9.86. The summed E-state index contributed by atoms with van der Waals surface area (Å²) in [6.45, 7) is 8.78. The fourth-order valence-electron chi connectivity index (χ4n) is 1.49. The minimum absolute atomic E-state index is 0.0864. The molecular formula is C11H21N3O. The maximum absolute atomic E-state index is 11.8. The zero-order chi connectivity index (χ0) is 11.3. The smallest absolute Gasteiger partial charge is 0.315 e. The van der Waals surface area contributed by atoms with E-state index in [0.29, 0.717) is 0 Å². The highest BCUT2D eigenvalue weighted by Crippen LogP contribution is 1.98. The van der Waals surface area contributed by atoms with Crippen molar-refractivity contribution in [3.63, 3.8) is 0 Å². The van der Waals surface area contributed by atoms with E-state index in [-0.39, 0.29) is 11.7 Å². The van der Waals surface area contributed by atoms with Crippen molar-refractivity contribution < 1.29 is 0 Å². The van der Waals surface area contributed by atoms with Crippen molar-refractivity contribution in [1.82, 2.24) is 14.5 Å². The van der Waals surface area contributed by atoms with Crippen molar-refractivity contribution in [1.29, 1.82) is 0 Å². The second-order valence-corrected chi connectivity index (χ2v) is 4.03. The Bertz CT molecular complexity index is 338. The summed E-state index contributed by atoms with van der Waals surface area (Å²) in [5.74, 6) is 0. The first-order valence-electron chi connectivity index (χ1n) is 5.64. The number of imidazole rings is 1. The Hall–Kier alpha value is -1.03. The van der Waals surface area contributed by atoms with Gasteiger partial charge in [-0.3, -0.25) is 9.13 Å². The number of hydrogen-bond acceptors (Lipinski definition) is 2. The molecule has 0 amide bonds. The van der Waals surface area contributed by atoms with Gasteiger partial charge in [0.25, 0.3) is 0 Å². The summed E-state index contributed by atoms with van der Waals surface area (Å²) in [7, 11) is 0. The van der Waals surface area contributed by atoms with Gasteiger partial charge in [0.1, 0.15) is 0 Å². The molecule has 4 heteroatoms. The molecule has 1 N–H and O–H groups in total. The van der Waals surface area contributed by atoms with Gasteiger partial charge in [0.2, 0.25) is 0 Å². The standard InChI is InChI=1S/C11H21N3O/c1-4-5-12-6-7-13-8-9-14(10(2)3)11(13)15/h8-10,12H,4-7H2,1-3H3. The van der Waals surface area contributed by atoms with E-state index >= 15 is 0 Å². The largest absolute Gasteiger partial charge is 0.328 e. The Morgan fingerprint density at radius 2 is 2.07 bits per heavy atom. The molecule has 0 saturated heterocycles. The molecule has 0 atom stereocenters. The van der Waals surface area contributed by atoms with Crippen LogP contribution in [0.4, 0.5) is 0 Å². The number of nitrogens with one attached hydrogen (secondary N) is 1. The van der Waals surface area contributed by atoms with Crippen LogP contribution in [0.25, 0.3) is 0 Å². The van der Waals surface area contributed by atoms with Crippen LogP contribution in [-0.4, -0.2) is 22.2 Å². The number of nitrogens with zero attached hydrogens (tertiary/aromatic N) is 2. The van der Waals surface area contributed by atoms with Gasteiger partial charge >= 0.3 is 5.69 Å². The van der Waals surface area contributed by atoms with Crippen molar-refractivity contribution in [3.8, 4) is 0 Å². The summed E-state index contributed by atoms with van der Waals surface area (Å²) in [5.41, 5.74) is 0.0864. The molecule has 15 heavy (non-hydrogen) atoms. The Morgan fingerprint density at radius 3 is 2.60 bits per heavy atom. The molecule has 0 bridgehead atoms. The van der Waals surface area contributed by atoms with Crippen molar-refractivity contribution >= 4 is 0 Å². The van der Waals surface area contributed by atoms with E-state index in [9.17, 15) is 4.79 Å². The predicted octanol–water partition coefficient (Wildman–Crippen LogP) is 1.23. The number of rotatable bonds is 6. The topological polar surface area (TPSA) is 39.0 Å². The van der Waals surface area contributed by atoms with Crippen LogP contribution in [0.1, 0.15) is 33.2 Å². The van der Waals surface area contributed by atoms with Crippen LogP contribution < -0.4 is 11.0 Å². The zero-order valence-corrected chi connectivity index (χ0v) is 9.86. The van der Waals surface area contributed by atoms with Gasteiger partial charge in [0.05, 0.1) is 0 Å². The Morgan fingerprint density at radius 1 is 1.33 bits per heavy atom. The Labute approximate surface area is 90.9 Å². The fourth-order valence-corrected chi connectivity index (χ4v) is 1.49. The highest BCUT2D eigenvalue weighted by Gasteiger charge is 2.04. The highest BCUT2D eigenvalue weighted by molar-refractivity contribution is 4.83. The first-order valence-corrected chi connectivity index (χ1v) is 5.64. The van der Waals surface area contributed by atoms with Gasteiger partial charge in [-0.1, -0.05) is 6.92 Å². The predicted molar refractivity (Wildman–Crippen MR) is 62.2 cm³/mol. The Balaban J connectivity index is 2.52. The number of aromatic nitrogens is 2. The summed E-state index contributed by atoms with van der Waals surface area (Å²) in [6.07, 6.45) is 4.84. The van der Waals surface area contributed by atoms with Gasteiger partial charge in [0.15, 0.2) is 0 Å². The average molecular weight is 211 g/mol. The lowest BCUT2D eigenvalue weighted by Crippen LogP contribution is -2.29. The quantitative estimate of drug-likeness (QED) is 0.719. The van der Waals surface area contributed by atoms with Gasteiger partial charge in [-0.15, -0.1) is 0 Å². The molecule has 4 nitrogen and oxygen atoms in total. The van der Waals surface area contributed by atoms with Crippen LogP contribution in [0.2, 0.25) is 0 Å². The average Bonchev–Trinajstić information content (AvgIpc) is 2.55. The molecule has 0 aliphatic heterocycles. The monoisotopic (exact) mass is 211 g/mol. The van der Waals surface area contributed by atoms with Gasteiger partial charge in [-0.05, 0) is 26.8 Å². The molecule has 86 valence electrons. The molecule has 0 aliphatic rings. The lowest BCUT2D eigenvalue weighted by Gasteiger charge is -2.05. The van der Waals surface area contributed by atoms with E-state index in [1.54, 1.807) is 9.13 Å². The van der Waals surface area contributed by atoms with E-state index in [1.807, 2.05) is 26.2 Å². The Kier molecular flexibility index (Phi) is 4.62. The van der Waals surface area contributed by atoms with Crippen LogP contribution in [-0.2, 0) is 6.54 Å². The molecule has 0 aromatic carbocycles. The van der Waals surface area contributed by atoms with Crippen molar-refractivity contribution in [2.45, 2.75) is 39.8 Å². The van der Waals surface area contributed by atoms with Crippen LogP contribution in [0.3, 0.4) is 0 Å². The first-order chi connectivity index (χ1) is 7.16. The number of hydrogen-bond donors (Lipinski definition) is 1. The van der Waals surface area contributed by atoms with E-state index in [0.717, 1.165) is 26.1 Å². The molecule has 1 aromatic heterocycles. The minimum atomic E-state index is 0.0864. The molecule has 1 aromatic rings. The molecule has 0 fully saturated rings. The highest BCUT2D eigenvalue weighted by atomic mass is 16.1. The second-order valence-electron chi connectivity index (χ2n) is 4.03. The van der Waals surface area contributed by atoms with Gasteiger partial charge in [0, 0.05) is 31.5 Å². The van der Waals surface area contributed by atoms with Crippen LogP contribution >= 0.6 is 0 Å². The maximum atomic E-state index is 11.8. The fraction of sp³-hybridized carbons (Fsp3) is 0.727. The van der Waals surface area contributed by atoms with Crippen molar-refractivity contribution in [2.75, 3.05) is 13.1 Å². The van der Waals surface area contributed by atoms with E-state index < -0.39 is 0 Å². The summed E-state index contributed by atoms with van der Waals surface area (Å²) in [4.78, 5) is 11.8. The van der Waals surface area contributed by atoms with Gasteiger partial charge in [-0.2, -0.15) is 0 Å². The SMILES string of the molecule is CCCNCCn1ccn(C(C)C)c1=O. The van der Waals surface area contributed by atoms with Crippen molar-refractivity contribution in [3.05, 3.63) is 22.9 Å². The third kappa shape index (κ3) is 3.23. The molecule has 0 saturated carbocycles. The summed E-state index contributed by atoms with van der Waals surface area (Å²) < 4.78 is 3.50. The molecule has 0 spiro atoms. The van der Waals surface area contributed by atoms with Crippen LogP contribution in [0.15, 0.2) is 17.2 Å². The maximum Gasteiger partial charge on any atom is 0.328 e. The second kappa shape index (κ2) is 5.75. The first kappa shape index (κ1) is 12.0. The minimum Gasteiger partial charge on any atom is -0.315 e. The summed E-state index contributed by atoms with van der Waals surface area (Å²) in [5, 5.41) is 3.28. The van der Waals surface area contributed by atoms with E-state index in [2.05, 4.69) is 12.2 Å². The molecule has 1 rings (SSSR count). The molecule has 0 radical (unpaired) electrons. The summed E-state index contributed by atoms with van der Waals surface area (Å²) >= 11 is 0. The van der Waals surface area contributed by atoms with Crippen LogP contribution in [0, 0.1) is 0 Å². The third-order valence-corrected chi connectivity index (χ3v) is 2.39. The molecule has 0 aliphatic carbocycles. The third-order valence-electron chi connectivity index (χ3n) is 2.39. The molecule has 0 unspecified atom stereocenters. The molecular weight excluding hydrogens is 190 g/mol. The van der Waals surface area contributed by atoms with E-state index in [1.165, 1.54) is 0 Å². The van der Waals surface area contributed by atoms with E-state index in [4.69, 9.17) is 0 Å². The summed E-state index contributed by atoms with van der Waals surface area (Å²) in [6, 6.07) is 0.238. The molecule has 1 heterocycles. The van der Waals surface area contributed by atoms with Gasteiger partial charge < -0.3 is 5.32 Å². The van der Waals surface area contributed by atoms with Crippen LogP contribution in [0.5, 0.6) is 0 Å². The lowest BCUT2D eigenvalue weighted by molar-refractivity contribution is 0.535. The normalized spacial score (nSPS) is 11.2. The lowest BCUT2D eigenvalue weighted by atomic mass is 10.4. The van der Waals surface area contributed by atoms with Gasteiger partial charge in [-0.25, -0.2) is 4.79 Å².